The summed E-state index contributed by atoms with van der Waals surface area (Å²) in [6.45, 7) is 0.528. The molecule has 0 bridgehead atoms. The number of hydrogen-bond donors (Lipinski definition) is 0. The molecule has 0 saturated carbocycles. The molecular formula is C16H16N4OS. The number of hydrogen-bond acceptors (Lipinski definition) is 5. The smallest absolute Gasteiger partial charge is 0.292 e. The fourth-order valence-corrected chi connectivity index (χ4v) is 3.54. The van der Waals surface area contributed by atoms with Gasteiger partial charge in [0.05, 0.1) is 18.4 Å². The largest absolute Gasteiger partial charge is 0.349 e. The summed E-state index contributed by atoms with van der Waals surface area (Å²) in [6.07, 6.45) is 7.51. The second-order valence-corrected chi connectivity index (χ2v) is 6.18. The Labute approximate surface area is 133 Å². The van der Waals surface area contributed by atoms with E-state index in [0.717, 1.165) is 47.5 Å². The maximum absolute atomic E-state index is 12.4. The van der Waals surface area contributed by atoms with Crippen LogP contribution in [0.2, 0.25) is 0 Å². The van der Waals surface area contributed by atoms with Gasteiger partial charge in [0.15, 0.2) is 0 Å². The number of pyridine rings is 1. The third-order valence-corrected chi connectivity index (χ3v) is 4.70. The van der Waals surface area contributed by atoms with Gasteiger partial charge in [-0.3, -0.25) is 9.55 Å². The van der Waals surface area contributed by atoms with Crippen LogP contribution in [0.25, 0.3) is 0 Å². The average Bonchev–Trinajstić information content (AvgIpc) is 2.57. The fraction of sp³-hybridized carbons (Fsp3) is 0.375. The van der Waals surface area contributed by atoms with Crippen LogP contribution in [0.1, 0.15) is 29.7 Å². The van der Waals surface area contributed by atoms with Gasteiger partial charge in [-0.2, -0.15) is 10.2 Å². The van der Waals surface area contributed by atoms with E-state index < -0.39 is 0 Å². The van der Waals surface area contributed by atoms with E-state index in [2.05, 4.69) is 16.0 Å². The normalized spacial score (nSPS) is 13.4. The number of thioether (sulfide) groups is 1. The van der Waals surface area contributed by atoms with E-state index in [4.69, 9.17) is 5.26 Å². The van der Waals surface area contributed by atoms with E-state index in [1.165, 1.54) is 11.8 Å². The van der Waals surface area contributed by atoms with E-state index in [-0.39, 0.29) is 5.69 Å². The summed E-state index contributed by atoms with van der Waals surface area (Å²) in [4.78, 5) is 20.7. The molecule has 0 amide bonds. The van der Waals surface area contributed by atoms with Gasteiger partial charge in [0.25, 0.3) is 0 Å². The molecular weight excluding hydrogens is 296 g/mol. The molecule has 2 aromatic heterocycles. The SMILES string of the molecule is N#CCSc1nc(=O)n(Cc2ccncc2)c2c1CCCC2. The summed E-state index contributed by atoms with van der Waals surface area (Å²) >= 11 is 1.37. The van der Waals surface area contributed by atoms with Crippen molar-refractivity contribution in [3.63, 3.8) is 0 Å². The second-order valence-electron chi connectivity index (χ2n) is 5.22. The van der Waals surface area contributed by atoms with E-state index in [1.54, 1.807) is 17.0 Å². The molecule has 6 heteroatoms. The van der Waals surface area contributed by atoms with Crippen LogP contribution in [0.15, 0.2) is 34.3 Å². The van der Waals surface area contributed by atoms with Gasteiger partial charge in [0, 0.05) is 23.7 Å². The van der Waals surface area contributed by atoms with E-state index in [9.17, 15) is 4.79 Å². The molecule has 0 aliphatic heterocycles. The van der Waals surface area contributed by atoms with Crippen LogP contribution in [0, 0.1) is 11.3 Å². The van der Waals surface area contributed by atoms with Gasteiger partial charge < -0.3 is 0 Å². The lowest BCUT2D eigenvalue weighted by Gasteiger charge is -2.22. The first-order valence-electron chi connectivity index (χ1n) is 7.31. The van der Waals surface area contributed by atoms with Crippen LogP contribution in [0.5, 0.6) is 0 Å². The number of fused-ring (bicyclic) bond motifs is 1. The number of nitriles is 1. The molecule has 1 aliphatic carbocycles. The first kappa shape index (κ1) is 14.8. The summed E-state index contributed by atoms with van der Waals surface area (Å²) in [5, 5.41) is 9.51. The molecule has 2 heterocycles. The fourth-order valence-electron chi connectivity index (χ4n) is 2.80. The third-order valence-electron chi connectivity index (χ3n) is 3.81. The molecule has 0 spiro atoms. The summed E-state index contributed by atoms with van der Waals surface area (Å²) in [7, 11) is 0. The predicted octanol–water partition coefficient (Wildman–Crippen LogP) is 2.18. The van der Waals surface area contributed by atoms with Crippen LogP contribution in [0.4, 0.5) is 0 Å². The average molecular weight is 312 g/mol. The van der Waals surface area contributed by atoms with Gasteiger partial charge in [-0.25, -0.2) is 4.79 Å². The van der Waals surface area contributed by atoms with Crippen LogP contribution in [-0.2, 0) is 19.4 Å². The standard InChI is InChI=1S/C16H16N4OS/c17-7-10-22-15-13-3-1-2-4-14(13)20(16(21)19-15)11-12-5-8-18-9-6-12/h5-6,8-9H,1-4,10-11H2. The Morgan fingerprint density at radius 1 is 1.27 bits per heavy atom. The Hall–Kier alpha value is -2.13. The monoisotopic (exact) mass is 312 g/mol. The van der Waals surface area contributed by atoms with Crippen molar-refractivity contribution in [1.29, 1.82) is 5.26 Å². The molecule has 0 saturated heterocycles. The highest BCUT2D eigenvalue weighted by Crippen LogP contribution is 2.28. The zero-order valence-corrected chi connectivity index (χ0v) is 13.0. The molecule has 0 fully saturated rings. The Bertz CT molecular complexity index is 764. The van der Waals surface area contributed by atoms with Gasteiger partial charge in [-0.1, -0.05) is 11.8 Å². The minimum Gasteiger partial charge on any atom is -0.292 e. The Kier molecular flexibility index (Phi) is 4.54. The van der Waals surface area contributed by atoms with Crippen LogP contribution in [-0.4, -0.2) is 20.3 Å². The predicted molar refractivity (Wildman–Crippen MR) is 84.8 cm³/mol. The van der Waals surface area contributed by atoms with Crippen molar-refractivity contribution in [2.45, 2.75) is 37.3 Å². The highest BCUT2D eigenvalue weighted by atomic mass is 32.2. The van der Waals surface area contributed by atoms with Gasteiger partial charge in [-0.05, 0) is 43.4 Å². The molecule has 3 rings (SSSR count). The number of aromatic nitrogens is 3. The molecule has 5 nitrogen and oxygen atoms in total. The first-order valence-corrected chi connectivity index (χ1v) is 8.29. The molecule has 0 atom stereocenters. The van der Waals surface area contributed by atoms with Crippen molar-refractivity contribution in [2.75, 3.05) is 5.75 Å². The lowest BCUT2D eigenvalue weighted by Crippen LogP contribution is -2.30. The van der Waals surface area contributed by atoms with Crippen molar-refractivity contribution in [3.05, 3.63) is 51.8 Å². The Morgan fingerprint density at radius 2 is 2.05 bits per heavy atom. The van der Waals surface area contributed by atoms with Crippen LogP contribution >= 0.6 is 11.8 Å². The minimum absolute atomic E-state index is 0.224. The quantitative estimate of drug-likeness (QED) is 0.639. The zero-order chi connectivity index (χ0) is 15.4. The molecule has 0 unspecified atom stereocenters. The summed E-state index contributed by atoms with van der Waals surface area (Å²) in [6, 6.07) is 5.94. The third kappa shape index (κ3) is 3.04. The Balaban J connectivity index is 2.03. The molecule has 112 valence electrons. The lowest BCUT2D eigenvalue weighted by molar-refractivity contribution is 0.569. The number of rotatable bonds is 4. The van der Waals surface area contributed by atoms with Crippen LogP contribution < -0.4 is 5.69 Å². The first-order chi connectivity index (χ1) is 10.8. The molecule has 22 heavy (non-hydrogen) atoms. The maximum atomic E-state index is 12.4. The van der Waals surface area contributed by atoms with Gasteiger partial charge in [0.1, 0.15) is 5.03 Å². The van der Waals surface area contributed by atoms with E-state index >= 15 is 0 Å². The molecule has 1 aliphatic rings. The van der Waals surface area contributed by atoms with E-state index in [1.807, 2.05) is 12.1 Å². The lowest BCUT2D eigenvalue weighted by atomic mass is 9.97. The molecule has 0 N–H and O–H groups in total. The molecule has 0 radical (unpaired) electrons. The van der Waals surface area contributed by atoms with E-state index in [0.29, 0.717) is 12.3 Å². The summed E-state index contributed by atoms with van der Waals surface area (Å²) in [5.74, 6) is 0.327. The minimum atomic E-state index is -0.224. The van der Waals surface area contributed by atoms with Gasteiger partial charge in [-0.15, -0.1) is 0 Å². The summed E-state index contributed by atoms with van der Waals surface area (Å²) < 4.78 is 1.78. The maximum Gasteiger partial charge on any atom is 0.349 e. The highest BCUT2D eigenvalue weighted by Gasteiger charge is 2.20. The van der Waals surface area contributed by atoms with Crippen molar-refractivity contribution in [3.8, 4) is 6.07 Å². The van der Waals surface area contributed by atoms with Crippen molar-refractivity contribution in [2.24, 2.45) is 0 Å². The topological polar surface area (TPSA) is 71.6 Å². The zero-order valence-electron chi connectivity index (χ0n) is 12.2. The van der Waals surface area contributed by atoms with Crippen molar-refractivity contribution in [1.82, 2.24) is 14.5 Å². The second kappa shape index (κ2) is 6.75. The Morgan fingerprint density at radius 3 is 2.82 bits per heavy atom. The number of nitrogens with zero attached hydrogens (tertiary/aromatic N) is 4. The molecule has 0 aromatic carbocycles. The van der Waals surface area contributed by atoms with Crippen molar-refractivity contribution < 1.29 is 0 Å². The van der Waals surface area contributed by atoms with Crippen molar-refractivity contribution >= 4 is 11.8 Å². The van der Waals surface area contributed by atoms with Gasteiger partial charge in [0.2, 0.25) is 0 Å². The highest BCUT2D eigenvalue weighted by molar-refractivity contribution is 7.99. The van der Waals surface area contributed by atoms with Gasteiger partial charge >= 0.3 is 5.69 Å². The van der Waals surface area contributed by atoms with Crippen LogP contribution in [0.3, 0.4) is 0 Å². The summed E-state index contributed by atoms with van der Waals surface area (Å²) in [5.41, 5.74) is 3.06. The molecule has 2 aromatic rings.